The molecule has 2 aliphatic rings. The van der Waals surface area contributed by atoms with E-state index in [4.69, 9.17) is 9.47 Å². The van der Waals surface area contributed by atoms with Crippen molar-refractivity contribution < 1.29 is 9.47 Å². The third-order valence-corrected chi connectivity index (χ3v) is 5.14. The number of hydrogen-bond donors (Lipinski definition) is 1. The second-order valence-electron chi connectivity index (χ2n) is 7.58. The first-order chi connectivity index (χ1) is 9.45. The van der Waals surface area contributed by atoms with E-state index in [2.05, 4.69) is 26.1 Å². The second-order valence-corrected chi connectivity index (χ2v) is 7.58. The number of ether oxygens (including phenoxy) is 2. The molecule has 0 unspecified atom stereocenters. The van der Waals surface area contributed by atoms with Gasteiger partial charge in [0.1, 0.15) is 0 Å². The summed E-state index contributed by atoms with van der Waals surface area (Å²) in [6.45, 7) is 8.48. The molecule has 0 atom stereocenters. The van der Waals surface area contributed by atoms with Crippen LogP contribution >= 0.6 is 0 Å². The van der Waals surface area contributed by atoms with Crippen LogP contribution in [0, 0.1) is 5.92 Å². The lowest BCUT2D eigenvalue weighted by Gasteiger charge is -2.40. The highest BCUT2D eigenvalue weighted by atomic mass is 16.5. The van der Waals surface area contributed by atoms with Crippen LogP contribution in [0.3, 0.4) is 0 Å². The van der Waals surface area contributed by atoms with Crippen LogP contribution in [0.25, 0.3) is 0 Å². The maximum absolute atomic E-state index is 6.39. The third-order valence-electron chi connectivity index (χ3n) is 5.14. The van der Waals surface area contributed by atoms with Gasteiger partial charge in [0.25, 0.3) is 0 Å². The number of nitrogens with one attached hydrogen (secondary N) is 1. The smallest absolute Gasteiger partial charge is 0.0806 e. The molecule has 2 fully saturated rings. The van der Waals surface area contributed by atoms with Crippen LogP contribution in [0.4, 0.5) is 0 Å². The van der Waals surface area contributed by atoms with Crippen LogP contribution in [0.2, 0.25) is 0 Å². The molecule has 1 N–H and O–H groups in total. The van der Waals surface area contributed by atoms with Gasteiger partial charge in [-0.3, -0.25) is 0 Å². The summed E-state index contributed by atoms with van der Waals surface area (Å²) in [5.41, 5.74) is 0.00594. The number of rotatable bonds is 8. The largest absolute Gasteiger partial charge is 0.379 e. The van der Waals surface area contributed by atoms with Crippen LogP contribution < -0.4 is 5.32 Å². The lowest BCUT2D eigenvalue weighted by atomic mass is 9.79. The van der Waals surface area contributed by atoms with Crippen molar-refractivity contribution >= 4 is 0 Å². The van der Waals surface area contributed by atoms with E-state index in [1.165, 1.54) is 38.5 Å². The van der Waals surface area contributed by atoms with Gasteiger partial charge in [0.2, 0.25) is 0 Å². The van der Waals surface area contributed by atoms with E-state index in [9.17, 15) is 0 Å². The Morgan fingerprint density at radius 1 is 1.15 bits per heavy atom. The Balaban J connectivity index is 1.81. The topological polar surface area (TPSA) is 30.5 Å². The lowest BCUT2D eigenvalue weighted by Crippen LogP contribution is -2.47. The summed E-state index contributed by atoms with van der Waals surface area (Å²) >= 11 is 0. The molecular formula is C17H33NO2. The van der Waals surface area contributed by atoms with Gasteiger partial charge < -0.3 is 14.8 Å². The molecule has 0 bridgehead atoms. The third kappa shape index (κ3) is 5.01. The highest BCUT2D eigenvalue weighted by Gasteiger charge is 2.37. The molecule has 0 aromatic carbocycles. The predicted molar refractivity (Wildman–Crippen MR) is 83.0 cm³/mol. The van der Waals surface area contributed by atoms with E-state index >= 15 is 0 Å². The first-order valence-corrected chi connectivity index (χ1v) is 8.37. The van der Waals surface area contributed by atoms with Crippen molar-refractivity contribution in [2.24, 2.45) is 5.92 Å². The van der Waals surface area contributed by atoms with Crippen molar-refractivity contribution in [3.8, 4) is 0 Å². The van der Waals surface area contributed by atoms with Crippen LogP contribution in [-0.4, -0.2) is 37.5 Å². The van der Waals surface area contributed by atoms with Crippen LogP contribution in [-0.2, 0) is 9.47 Å². The fourth-order valence-electron chi connectivity index (χ4n) is 2.89. The van der Waals surface area contributed by atoms with Crippen molar-refractivity contribution in [1.29, 1.82) is 0 Å². The number of hydrogen-bond acceptors (Lipinski definition) is 3. The monoisotopic (exact) mass is 283 g/mol. The zero-order chi connectivity index (χ0) is 14.6. The Morgan fingerprint density at radius 3 is 2.35 bits per heavy atom. The zero-order valence-electron chi connectivity index (χ0n) is 13.8. The van der Waals surface area contributed by atoms with E-state index in [1.54, 1.807) is 7.11 Å². The van der Waals surface area contributed by atoms with Crippen molar-refractivity contribution in [3.63, 3.8) is 0 Å². The molecule has 2 saturated carbocycles. The van der Waals surface area contributed by atoms with Gasteiger partial charge >= 0.3 is 0 Å². The van der Waals surface area contributed by atoms with Gasteiger partial charge in [-0.15, -0.1) is 0 Å². The summed E-state index contributed by atoms with van der Waals surface area (Å²) in [6, 6.07) is 0.769. The average Bonchev–Trinajstić information content (AvgIpc) is 3.24. The van der Waals surface area contributed by atoms with Crippen molar-refractivity contribution in [3.05, 3.63) is 0 Å². The molecule has 2 rings (SSSR count). The molecule has 0 aromatic rings. The summed E-state index contributed by atoms with van der Waals surface area (Å²) in [4.78, 5) is 0. The minimum atomic E-state index is -0.0763. The van der Waals surface area contributed by atoms with Gasteiger partial charge in [0.05, 0.1) is 17.8 Å². The SMILES string of the molecule is COC(C)(C)CCOC1(CNC2CC2)CCC(C)CC1. The van der Waals surface area contributed by atoms with Gasteiger partial charge in [-0.25, -0.2) is 0 Å². The molecule has 20 heavy (non-hydrogen) atoms. The van der Waals surface area contributed by atoms with E-state index in [-0.39, 0.29) is 11.2 Å². The Hall–Kier alpha value is -0.120. The molecule has 118 valence electrons. The van der Waals surface area contributed by atoms with E-state index in [0.717, 1.165) is 31.5 Å². The first kappa shape index (κ1) is 16.3. The Bertz CT molecular complexity index is 291. The van der Waals surface area contributed by atoms with Gasteiger partial charge in [0.15, 0.2) is 0 Å². The molecule has 0 heterocycles. The highest BCUT2D eigenvalue weighted by Crippen LogP contribution is 2.35. The predicted octanol–water partition coefficient (Wildman–Crippen LogP) is 3.52. The minimum Gasteiger partial charge on any atom is -0.379 e. The van der Waals surface area contributed by atoms with E-state index < -0.39 is 0 Å². The summed E-state index contributed by atoms with van der Waals surface area (Å²) in [5.74, 6) is 0.864. The molecular weight excluding hydrogens is 250 g/mol. The van der Waals surface area contributed by atoms with Gasteiger partial charge in [-0.05, 0) is 64.7 Å². The highest BCUT2D eigenvalue weighted by molar-refractivity contribution is 4.92. The van der Waals surface area contributed by atoms with Gasteiger partial charge in [-0.1, -0.05) is 6.92 Å². The molecule has 0 amide bonds. The molecule has 0 aliphatic heterocycles. The maximum Gasteiger partial charge on any atom is 0.0806 e. The van der Waals surface area contributed by atoms with Gasteiger partial charge in [0, 0.05) is 19.7 Å². The van der Waals surface area contributed by atoms with Crippen molar-refractivity contribution in [1.82, 2.24) is 5.32 Å². The molecule has 2 aliphatic carbocycles. The summed E-state index contributed by atoms with van der Waals surface area (Å²) < 4.78 is 11.9. The fraction of sp³-hybridized carbons (Fsp3) is 1.00. The van der Waals surface area contributed by atoms with Crippen LogP contribution in [0.15, 0.2) is 0 Å². The molecule has 3 heteroatoms. The molecule has 0 saturated heterocycles. The summed E-state index contributed by atoms with van der Waals surface area (Å²) in [5, 5.41) is 3.69. The average molecular weight is 283 g/mol. The minimum absolute atomic E-state index is 0.0763. The summed E-state index contributed by atoms with van der Waals surface area (Å²) in [6.07, 6.45) is 8.69. The first-order valence-electron chi connectivity index (χ1n) is 8.37. The van der Waals surface area contributed by atoms with Crippen molar-refractivity contribution in [2.45, 2.75) is 83.0 Å². The van der Waals surface area contributed by atoms with Crippen molar-refractivity contribution in [2.75, 3.05) is 20.3 Å². The molecule has 0 aromatic heterocycles. The maximum atomic E-state index is 6.39. The van der Waals surface area contributed by atoms with Crippen LogP contribution in [0.1, 0.15) is 65.7 Å². The van der Waals surface area contributed by atoms with E-state index in [0.29, 0.717) is 0 Å². The zero-order valence-corrected chi connectivity index (χ0v) is 13.8. The van der Waals surface area contributed by atoms with Crippen LogP contribution in [0.5, 0.6) is 0 Å². The quantitative estimate of drug-likeness (QED) is 0.739. The fourth-order valence-corrected chi connectivity index (χ4v) is 2.89. The molecule has 3 nitrogen and oxygen atoms in total. The normalized spacial score (nSPS) is 31.5. The Labute approximate surface area is 124 Å². The molecule has 0 radical (unpaired) electrons. The Kier molecular flexibility index (Phi) is 5.49. The molecule has 0 spiro atoms. The summed E-state index contributed by atoms with van der Waals surface area (Å²) in [7, 11) is 1.78. The lowest BCUT2D eigenvalue weighted by molar-refractivity contribution is -0.0957. The Morgan fingerprint density at radius 2 is 1.80 bits per heavy atom. The number of methoxy groups -OCH3 is 1. The standard InChI is InChI=1S/C17H33NO2/c1-14-7-9-17(10-8-14,13-18-15-5-6-15)20-12-11-16(2,3)19-4/h14-15,18H,5-13H2,1-4H3. The van der Waals surface area contributed by atoms with E-state index in [1.807, 2.05) is 0 Å². The second kappa shape index (κ2) is 6.76. The van der Waals surface area contributed by atoms with Gasteiger partial charge in [-0.2, -0.15) is 0 Å².